The van der Waals surface area contributed by atoms with E-state index in [1.54, 1.807) is 0 Å². The highest BCUT2D eigenvalue weighted by Crippen LogP contribution is 2.42. The minimum absolute atomic E-state index is 0.350. The number of halogens is 2. The van der Waals surface area contributed by atoms with Gasteiger partial charge in [0, 0.05) is 15.8 Å². The molecule has 15 heavy (non-hydrogen) atoms. The van der Waals surface area contributed by atoms with Crippen LogP contribution in [0.15, 0.2) is 22.7 Å². The molecule has 0 spiro atoms. The Morgan fingerprint density at radius 1 is 1.27 bits per heavy atom. The van der Waals surface area contributed by atoms with Gasteiger partial charge in [-0.1, -0.05) is 15.9 Å². The van der Waals surface area contributed by atoms with Gasteiger partial charge in [-0.3, -0.25) is 0 Å². The van der Waals surface area contributed by atoms with Crippen LogP contribution in [0.25, 0.3) is 10.9 Å². The quantitative estimate of drug-likeness (QED) is 0.741. The van der Waals surface area contributed by atoms with E-state index in [4.69, 9.17) is 11.6 Å². The molecule has 3 rings (SSSR count). The van der Waals surface area contributed by atoms with Crippen LogP contribution < -0.4 is 0 Å². The lowest BCUT2D eigenvalue weighted by atomic mass is 10.1. The molecule has 76 valence electrons. The average Bonchev–Trinajstić information content (AvgIpc) is 2.98. The number of rotatable bonds is 1. The molecule has 0 amide bonds. The summed E-state index contributed by atoms with van der Waals surface area (Å²) in [7, 11) is 0. The third kappa shape index (κ3) is 1.74. The van der Waals surface area contributed by atoms with Crippen LogP contribution in [0.2, 0.25) is 5.28 Å². The van der Waals surface area contributed by atoms with E-state index in [1.165, 1.54) is 12.8 Å². The third-order valence-electron chi connectivity index (χ3n) is 2.63. The van der Waals surface area contributed by atoms with Crippen LogP contribution in [0.5, 0.6) is 0 Å². The van der Waals surface area contributed by atoms with Crippen molar-refractivity contribution < 1.29 is 0 Å². The molecular weight excluding hydrogens is 275 g/mol. The Balaban J connectivity index is 2.33. The molecule has 1 aromatic heterocycles. The number of hydrogen-bond acceptors (Lipinski definition) is 2. The molecule has 2 aromatic rings. The summed E-state index contributed by atoms with van der Waals surface area (Å²) in [5, 5.41) is 1.48. The molecular formula is C11H8BrClN2. The van der Waals surface area contributed by atoms with Crippen molar-refractivity contribution >= 4 is 38.4 Å². The second-order valence-electron chi connectivity index (χ2n) is 3.81. The topological polar surface area (TPSA) is 25.8 Å². The normalized spacial score (nSPS) is 15.9. The van der Waals surface area contributed by atoms with Gasteiger partial charge in [-0.05, 0) is 42.6 Å². The minimum Gasteiger partial charge on any atom is -0.222 e. The van der Waals surface area contributed by atoms with Gasteiger partial charge in [0.1, 0.15) is 0 Å². The molecule has 0 radical (unpaired) electrons. The molecule has 1 fully saturated rings. The fourth-order valence-electron chi connectivity index (χ4n) is 1.77. The predicted molar refractivity (Wildman–Crippen MR) is 64.2 cm³/mol. The lowest BCUT2D eigenvalue weighted by Gasteiger charge is -2.04. The summed E-state index contributed by atoms with van der Waals surface area (Å²) in [6, 6.07) is 6.06. The average molecular weight is 284 g/mol. The summed E-state index contributed by atoms with van der Waals surface area (Å²) >= 11 is 9.34. The summed E-state index contributed by atoms with van der Waals surface area (Å²) < 4.78 is 1.02. The van der Waals surface area contributed by atoms with E-state index < -0.39 is 0 Å². The first-order valence-corrected chi connectivity index (χ1v) is 6.04. The maximum absolute atomic E-state index is 5.91. The maximum Gasteiger partial charge on any atom is 0.223 e. The molecule has 0 atom stereocenters. The zero-order valence-electron chi connectivity index (χ0n) is 7.87. The molecule has 0 unspecified atom stereocenters. The summed E-state index contributed by atoms with van der Waals surface area (Å²) in [4.78, 5) is 8.56. The van der Waals surface area contributed by atoms with Crippen LogP contribution in [-0.2, 0) is 0 Å². The van der Waals surface area contributed by atoms with Crippen LogP contribution in [0.1, 0.15) is 24.5 Å². The summed E-state index contributed by atoms with van der Waals surface area (Å²) in [6.07, 6.45) is 2.44. The van der Waals surface area contributed by atoms with E-state index in [9.17, 15) is 0 Å². The van der Waals surface area contributed by atoms with E-state index in [0.717, 1.165) is 21.1 Å². The highest BCUT2D eigenvalue weighted by molar-refractivity contribution is 9.10. The van der Waals surface area contributed by atoms with E-state index >= 15 is 0 Å². The van der Waals surface area contributed by atoms with Gasteiger partial charge < -0.3 is 0 Å². The second-order valence-corrected chi connectivity index (χ2v) is 5.07. The number of hydrogen-bond donors (Lipinski definition) is 0. The fraction of sp³-hybridized carbons (Fsp3) is 0.273. The SMILES string of the molecule is Clc1nc(C2CC2)c2ccc(Br)cc2n1. The zero-order valence-corrected chi connectivity index (χ0v) is 10.2. The maximum atomic E-state index is 5.91. The molecule has 0 aliphatic heterocycles. The molecule has 4 heteroatoms. The minimum atomic E-state index is 0.350. The van der Waals surface area contributed by atoms with E-state index in [0.29, 0.717) is 11.2 Å². The van der Waals surface area contributed by atoms with Crippen molar-refractivity contribution in [3.05, 3.63) is 33.6 Å². The smallest absolute Gasteiger partial charge is 0.222 e. The summed E-state index contributed by atoms with van der Waals surface area (Å²) in [5.74, 6) is 0.592. The Morgan fingerprint density at radius 2 is 2.07 bits per heavy atom. The number of benzene rings is 1. The van der Waals surface area contributed by atoms with Gasteiger partial charge in [0.05, 0.1) is 11.2 Å². The van der Waals surface area contributed by atoms with Gasteiger partial charge >= 0.3 is 0 Å². The van der Waals surface area contributed by atoms with Gasteiger partial charge in [0.2, 0.25) is 5.28 Å². The van der Waals surface area contributed by atoms with Crippen molar-refractivity contribution in [3.63, 3.8) is 0 Å². The fourth-order valence-corrected chi connectivity index (χ4v) is 2.30. The van der Waals surface area contributed by atoms with Crippen molar-refractivity contribution in [2.75, 3.05) is 0 Å². The highest BCUT2D eigenvalue weighted by atomic mass is 79.9. The van der Waals surface area contributed by atoms with Crippen molar-refractivity contribution in [2.45, 2.75) is 18.8 Å². The molecule has 0 saturated heterocycles. The molecule has 1 aliphatic rings. The molecule has 0 bridgehead atoms. The van der Waals surface area contributed by atoms with Crippen molar-refractivity contribution in [1.29, 1.82) is 0 Å². The second kappa shape index (κ2) is 3.42. The third-order valence-corrected chi connectivity index (χ3v) is 3.29. The molecule has 1 heterocycles. The lowest BCUT2D eigenvalue weighted by Crippen LogP contribution is -1.93. The van der Waals surface area contributed by atoms with Gasteiger partial charge in [0.25, 0.3) is 0 Å². The largest absolute Gasteiger partial charge is 0.223 e. The molecule has 0 N–H and O–H groups in total. The first-order valence-electron chi connectivity index (χ1n) is 4.87. The number of fused-ring (bicyclic) bond motifs is 1. The molecule has 2 nitrogen and oxygen atoms in total. The van der Waals surface area contributed by atoms with Crippen LogP contribution >= 0.6 is 27.5 Å². The zero-order chi connectivity index (χ0) is 10.4. The van der Waals surface area contributed by atoms with E-state index in [2.05, 4.69) is 32.0 Å². The summed E-state index contributed by atoms with van der Waals surface area (Å²) in [6.45, 7) is 0. The van der Waals surface area contributed by atoms with E-state index in [1.807, 2.05) is 12.1 Å². The van der Waals surface area contributed by atoms with Crippen molar-refractivity contribution in [1.82, 2.24) is 9.97 Å². The Kier molecular flexibility index (Phi) is 2.18. The lowest BCUT2D eigenvalue weighted by molar-refractivity contribution is 1.02. The van der Waals surface area contributed by atoms with E-state index in [-0.39, 0.29) is 0 Å². The summed E-state index contributed by atoms with van der Waals surface area (Å²) in [5.41, 5.74) is 2.03. The first-order chi connectivity index (χ1) is 7.24. The standard InChI is InChI=1S/C11H8BrClN2/c12-7-3-4-8-9(5-7)14-11(13)15-10(8)6-1-2-6/h3-6H,1-2H2. The number of aromatic nitrogens is 2. The van der Waals surface area contributed by atoms with Crippen LogP contribution in [0.4, 0.5) is 0 Å². The van der Waals surface area contributed by atoms with Crippen LogP contribution in [-0.4, -0.2) is 9.97 Å². The Bertz CT molecular complexity index is 532. The van der Waals surface area contributed by atoms with Gasteiger partial charge in [-0.2, -0.15) is 0 Å². The monoisotopic (exact) mass is 282 g/mol. The first kappa shape index (κ1) is 9.55. The Labute approximate surface area is 101 Å². The Hall–Kier alpha value is -0.670. The van der Waals surface area contributed by atoms with Gasteiger partial charge in [0.15, 0.2) is 0 Å². The molecule has 1 aliphatic carbocycles. The van der Waals surface area contributed by atoms with Crippen LogP contribution in [0.3, 0.4) is 0 Å². The van der Waals surface area contributed by atoms with Crippen molar-refractivity contribution in [3.8, 4) is 0 Å². The van der Waals surface area contributed by atoms with Gasteiger partial charge in [-0.25, -0.2) is 9.97 Å². The van der Waals surface area contributed by atoms with Crippen LogP contribution in [0, 0.1) is 0 Å². The molecule has 1 saturated carbocycles. The van der Waals surface area contributed by atoms with Crippen molar-refractivity contribution in [2.24, 2.45) is 0 Å². The predicted octanol–water partition coefficient (Wildman–Crippen LogP) is 3.92. The van der Waals surface area contributed by atoms with Gasteiger partial charge in [-0.15, -0.1) is 0 Å². The molecule has 1 aromatic carbocycles. The highest BCUT2D eigenvalue weighted by Gasteiger charge is 2.27. The Morgan fingerprint density at radius 3 is 2.80 bits per heavy atom. The number of nitrogens with zero attached hydrogens (tertiary/aromatic N) is 2.